The summed E-state index contributed by atoms with van der Waals surface area (Å²) in [5, 5.41) is 1.19. The Bertz CT molecular complexity index is 1760. The third kappa shape index (κ3) is 9.04. The highest BCUT2D eigenvalue weighted by Crippen LogP contribution is 2.33. The lowest BCUT2D eigenvalue weighted by atomic mass is 9.97. The van der Waals surface area contributed by atoms with Gasteiger partial charge in [0.05, 0.1) is 16.7 Å². The van der Waals surface area contributed by atoms with Gasteiger partial charge in [-0.25, -0.2) is 4.98 Å². The molecule has 0 bridgehead atoms. The normalized spacial score (nSPS) is 16.1. The molecule has 0 spiro atoms. The summed E-state index contributed by atoms with van der Waals surface area (Å²) in [5.41, 5.74) is 6.05. The van der Waals surface area contributed by atoms with Crippen LogP contribution in [0.3, 0.4) is 0 Å². The minimum Gasteiger partial charge on any atom is -0.333 e. The Hall–Kier alpha value is -4.17. The molecule has 3 aromatic carbocycles. The lowest BCUT2D eigenvalue weighted by molar-refractivity contribution is -0.141. The Morgan fingerprint density at radius 1 is 0.958 bits per heavy atom. The highest BCUT2D eigenvalue weighted by Gasteiger charge is 2.36. The third-order valence-electron chi connectivity index (χ3n) is 8.53. The van der Waals surface area contributed by atoms with Crippen LogP contribution < -0.4 is 0 Å². The van der Waals surface area contributed by atoms with Gasteiger partial charge >= 0.3 is 5.92 Å². The number of benzene rings is 3. The molecule has 0 aliphatic carbocycles. The smallest absolute Gasteiger partial charge is 0.302 e. The van der Waals surface area contributed by atoms with Crippen LogP contribution in [0.1, 0.15) is 90.2 Å². The summed E-state index contributed by atoms with van der Waals surface area (Å²) >= 11 is 0. The first-order chi connectivity index (χ1) is 23.0. The lowest BCUT2D eigenvalue weighted by Crippen LogP contribution is -2.27. The van der Waals surface area contributed by atoms with Crippen LogP contribution in [0.25, 0.3) is 33.5 Å². The molecule has 6 nitrogen and oxygen atoms in total. The number of rotatable bonds is 8. The van der Waals surface area contributed by atoms with E-state index in [2.05, 4.69) is 89.4 Å². The average Bonchev–Trinajstić information content (AvgIpc) is 3.75. The fourth-order valence-electron chi connectivity index (χ4n) is 6.14. The van der Waals surface area contributed by atoms with Crippen molar-refractivity contribution in [1.29, 1.82) is 0 Å². The maximum absolute atomic E-state index is 12.6. The number of aromatic nitrogens is 3. The summed E-state index contributed by atoms with van der Waals surface area (Å²) in [6.07, 6.45) is 1.73. The number of Topliss-reactive ketones (excluding diaryl/α,β-unsaturated/α-hetero) is 1. The summed E-state index contributed by atoms with van der Waals surface area (Å²) in [7, 11) is 1.96. The van der Waals surface area contributed by atoms with Crippen molar-refractivity contribution >= 4 is 34.0 Å². The van der Waals surface area contributed by atoms with E-state index in [0.717, 1.165) is 48.3 Å². The molecule has 6 rings (SSSR count). The van der Waals surface area contributed by atoms with Crippen molar-refractivity contribution in [3.8, 4) is 11.5 Å². The van der Waals surface area contributed by atoms with Gasteiger partial charge in [-0.15, -0.1) is 0 Å². The molecular formula is C40H52F2N4O2. The molecule has 5 aromatic rings. The van der Waals surface area contributed by atoms with E-state index >= 15 is 0 Å². The number of ketones is 1. The van der Waals surface area contributed by atoms with Gasteiger partial charge in [-0.1, -0.05) is 76.2 Å². The molecule has 0 amide bonds. The Morgan fingerprint density at radius 2 is 1.60 bits per heavy atom. The third-order valence-corrected chi connectivity index (χ3v) is 8.53. The Balaban J connectivity index is 0.000000293. The molecule has 2 aromatic heterocycles. The zero-order valence-electron chi connectivity index (χ0n) is 30.0. The number of fused-ring (bicyclic) bond motifs is 2. The maximum atomic E-state index is 12.6. The van der Waals surface area contributed by atoms with Gasteiger partial charge in [0.15, 0.2) is 5.82 Å². The van der Waals surface area contributed by atoms with E-state index in [1.807, 2.05) is 59.0 Å². The summed E-state index contributed by atoms with van der Waals surface area (Å²) in [4.78, 5) is 29.4. The Kier molecular flexibility index (Phi) is 13.8. The highest BCUT2D eigenvalue weighted by atomic mass is 19.3. The maximum Gasteiger partial charge on any atom is 0.302 e. The minimum atomic E-state index is -3.16. The zero-order chi connectivity index (χ0) is 35.6. The number of imidazole rings is 1. The number of nitrogens with zero attached hydrogens (tertiary/aromatic N) is 4. The molecule has 1 aliphatic rings. The summed E-state index contributed by atoms with van der Waals surface area (Å²) < 4.78 is 29.8. The first-order valence-corrected chi connectivity index (χ1v) is 17.2. The number of likely N-dealkylation sites (tertiary alicyclic amines) is 1. The summed E-state index contributed by atoms with van der Waals surface area (Å²) in [6, 6.07) is 27.5. The van der Waals surface area contributed by atoms with E-state index in [9.17, 15) is 18.4 Å². The van der Waals surface area contributed by atoms with Crippen molar-refractivity contribution in [1.82, 2.24) is 19.0 Å². The quantitative estimate of drug-likeness (QED) is 0.156. The van der Waals surface area contributed by atoms with Crippen LogP contribution in [-0.4, -0.2) is 56.6 Å². The van der Waals surface area contributed by atoms with Crippen molar-refractivity contribution in [2.24, 2.45) is 5.92 Å². The molecule has 1 aliphatic heterocycles. The Morgan fingerprint density at radius 3 is 2.19 bits per heavy atom. The molecule has 1 unspecified atom stereocenters. The lowest BCUT2D eigenvalue weighted by Gasteiger charge is -2.16. The zero-order valence-corrected chi connectivity index (χ0v) is 30.0. The standard InChI is InChI=1S/C26H23N3O.C10H17F2NO.2C2H6/c1-18(2)29-24-13-12-20(17-30)14-22(24)27-26(29)25-15-21-10-6-7-11-23(21)28(25)16-19-8-4-3-5-9-19;1-7-4-8(6-13(7)3)5-9(14)10(2,11)12;2*1-2/h3-15,17-18H,16H2,1-2H3;7-8H,4-6H2,1-3H3;2*1-2H3/t;7-,8?;;/m.0../s1. The van der Waals surface area contributed by atoms with Crippen LogP contribution in [0, 0.1) is 5.92 Å². The van der Waals surface area contributed by atoms with Gasteiger partial charge in [0, 0.05) is 55.0 Å². The molecule has 48 heavy (non-hydrogen) atoms. The van der Waals surface area contributed by atoms with Crippen molar-refractivity contribution < 1.29 is 18.4 Å². The predicted octanol–water partition coefficient (Wildman–Crippen LogP) is 10.1. The van der Waals surface area contributed by atoms with Gasteiger partial charge in [-0.05, 0) is 76.1 Å². The molecule has 3 heterocycles. The second kappa shape index (κ2) is 17.3. The van der Waals surface area contributed by atoms with Crippen molar-refractivity contribution in [3.63, 3.8) is 0 Å². The van der Waals surface area contributed by atoms with E-state index in [1.54, 1.807) is 0 Å². The number of aldehydes is 1. The van der Waals surface area contributed by atoms with E-state index < -0.39 is 11.7 Å². The van der Waals surface area contributed by atoms with E-state index in [4.69, 9.17) is 4.98 Å². The number of hydrogen-bond donors (Lipinski definition) is 0. The van der Waals surface area contributed by atoms with Crippen molar-refractivity contribution in [2.45, 2.75) is 92.8 Å². The molecule has 8 heteroatoms. The number of hydrogen-bond acceptors (Lipinski definition) is 4. The van der Waals surface area contributed by atoms with Gasteiger partial charge in [-0.3, -0.25) is 9.59 Å². The van der Waals surface area contributed by atoms with Crippen LogP contribution in [0.4, 0.5) is 8.78 Å². The second-order valence-corrected chi connectivity index (χ2v) is 12.3. The van der Waals surface area contributed by atoms with E-state index in [0.29, 0.717) is 18.5 Å². The predicted molar refractivity (Wildman–Crippen MR) is 195 cm³/mol. The summed E-state index contributed by atoms with van der Waals surface area (Å²) in [6.45, 7) is 16.6. The molecule has 0 saturated carbocycles. The van der Waals surface area contributed by atoms with Crippen LogP contribution in [0.2, 0.25) is 0 Å². The topological polar surface area (TPSA) is 60.1 Å². The fraction of sp³-hybridized carbons (Fsp3) is 0.425. The van der Waals surface area contributed by atoms with Crippen LogP contribution in [0.5, 0.6) is 0 Å². The van der Waals surface area contributed by atoms with Crippen LogP contribution >= 0.6 is 0 Å². The fourth-order valence-corrected chi connectivity index (χ4v) is 6.14. The molecule has 1 saturated heterocycles. The van der Waals surface area contributed by atoms with Crippen LogP contribution in [-0.2, 0) is 11.3 Å². The van der Waals surface area contributed by atoms with E-state index in [1.165, 1.54) is 16.5 Å². The Labute approximate surface area is 284 Å². The first kappa shape index (κ1) is 38.3. The van der Waals surface area contributed by atoms with Gasteiger partial charge in [-0.2, -0.15) is 8.78 Å². The van der Waals surface area contributed by atoms with Crippen molar-refractivity contribution in [2.75, 3.05) is 13.6 Å². The van der Waals surface area contributed by atoms with Crippen LogP contribution in [0.15, 0.2) is 78.9 Å². The molecule has 0 N–H and O–H groups in total. The monoisotopic (exact) mass is 658 g/mol. The summed E-state index contributed by atoms with van der Waals surface area (Å²) in [5.74, 6) is -3.06. The number of alkyl halides is 2. The molecular weight excluding hydrogens is 606 g/mol. The molecule has 1 fully saturated rings. The van der Waals surface area contributed by atoms with E-state index in [-0.39, 0.29) is 18.4 Å². The number of halogens is 2. The largest absolute Gasteiger partial charge is 0.333 e. The minimum absolute atomic E-state index is 0.0121. The molecule has 2 atom stereocenters. The first-order valence-electron chi connectivity index (χ1n) is 17.2. The highest BCUT2D eigenvalue weighted by molar-refractivity contribution is 5.90. The second-order valence-electron chi connectivity index (χ2n) is 12.3. The number of carbonyl (C=O) groups excluding carboxylic acids is 2. The molecule has 258 valence electrons. The van der Waals surface area contributed by atoms with Gasteiger partial charge in [0.2, 0.25) is 5.78 Å². The average molecular weight is 659 g/mol. The molecule has 0 radical (unpaired) electrons. The van der Waals surface area contributed by atoms with Gasteiger partial charge in [0.1, 0.15) is 6.29 Å². The van der Waals surface area contributed by atoms with Gasteiger partial charge < -0.3 is 14.0 Å². The van der Waals surface area contributed by atoms with Gasteiger partial charge in [0.25, 0.3) is 0 Å². The van der Waals surface area contributed by atoms with Crippen molar-refractivity contribution in [3.05, 3.63) is 90.0 Å². The number of para-hydroxylation sites is 1. The SMILES string of the molecule is CC.CC.CC(C)n1c(-c2cc3ccccc3n2Cc2ccccc2)nc2cc(C=O)ccc21.C[C@H]1CC(CC(=O)C(C)(F)F)CN1C. The number of carbonyl (C=O) groups is 2.